The first-order chi connectivity index (χ1) is 12.7. The number of H-pyrrole nitrogens is 1. The molecule has 0 aliphatic carbocycles. The Balaban J connectivity index is 1.76. The zero-order valence-electron chi connectivity index (χ0n) is 15.7. The lowest BCUT2D eigenvalue weighted by molar-refractivity contribution is 0.0594. The molecule has 0 spiro atoms. The molecule has 27 heavy (non-hydrogen) atoms. The number of thiazole rings is 2. The van der Waals surface area contributed by atoms with E-state index in [-0.39, 0.29) is 11.3 Å². The summed E-state index contributed by atoms with van der Waals surface area (Å²) in [6.07, 6.45) is 1.68. The van der Waals surface area contributed by atoms with Gasteiger partial charge in [-0.2, -0.15) is 0 Å². The van der Waals surface area contributed by atoms with Gasteiger partial charge in [-0.15, -0.1) is 22.7 Å². The van der Waals surface area contributed by atoms with Gasteiger partial charge in [0.1, 0.15) is 10.6 Å². The Bertz CT molecular complexity index is 995. The lowest BCUT2D eigenvalue weighted by Gasteiger charge is -2.13. The number of rotatable bonds is 4. The van der Waals surface area contributed by atoms with Gasteiger partial charge in [-0.3, -0.25) is 10.1 Å². The second kappa shape index (κ2) is 7.24. The third-order valence-electron chi connectivity index (χ3n) is 3.75. The lowest BCUT2D eigenvalue weighted by atomic mass is 9.98. The molecule has 1 amide bonds. The van der Waals surface area contributed by atoms with Crippen LogP contribution in [0.15, 0.2) is 17.6 Å². The molecule has 3 aromatic heterocycles. The van der Waals surface area contributed by atoms with E-state index in [0.717, 1.165) is 10.6 Å². The standard InChI is InChI=1S/C18H20N4O3S2/c1-9-13(27-16(20-9)18(2,3)4)14(23)22-17-21-12(8-26-17)10-6-11(19-7-10)15(24)25-5/h6-8,19H,1-5H3,(H,21,22,23). The van der Waals surface area contributed by atoms with E-state index in [1.807, 2.05) is 12.3 Å². The van der Waals surface area contributed by atoms with Gasteiger partial charge >= 0.3 is 5.97 Å². The Labute approximate surface area is 164 Å². The number of ether oxygens (including phenoxy) is 1. The molecule has 0 saturated carbocycles. The molecule has 3 rings (SSSR count). The van der Waals surface area contributed by atoms with E-state index in [1.165, 1.54) is 29.8 Å². The molecule has 0 bridgehead atoms. The Kier molecular flexibility index (Phi) is 5.16. The number of anilines is 1. The monoisotopic (exact) mass is 404 g/mol. The van der Waals surface area contributed by atoms with Crippen molar-refractivity contribution in [1.82, 2.24) is 15.0 Å². The fraction of sp³-hybridized carbons (Fsp3) is 0.333. The third-order valence-corrected chi connectivity index (χ3v) is 6.09. The minimum Gasteiger partial charge on any atom is -0.464 e. The highest BCUT2D eigenvalue weighted by molar-refractivity contribution is 7.15. The van der Waals surface area contributed by atoms with E-state index in [9.17, 15) is 9.59 Å². The number of hydrogen-bond donors (Lipinski definition) is 2. The molecular formula is C18H20N4O3S2. The molecule has 142 valence electrons. The lowest BCUT2D eigenvalue weighted by Crippen LogP contribution is -2.11. The van der Waals surface area contributed by atoms with Crippen LogP contribution in [-0.4, -0.2) is 33.9 Å². The van der Waals surface area contributed by atoms with Crippen LogP contribution in [0.2, 0.25) is 0 Å². The molecule has 0 aliphatic heterocycles. The van der Waals surface area contributed by atoms with E-state index in [0.29, 0.717) is 27.1 Å². The van der Waals surface area contributed by atoms with Gasteiger partial charge in [0.15, 0.2) is 5.13 Å². The number of aromatic nitrogens is 3. The first-order valence-corrected chi connectivity index (χ1v) is 9.90. The molecule has 0 radical (unpaired) electrons. The SMILES string of the molecule is COC(=O)c1cc(-c2csc(NC(=O)c3sc(C(C)(C)C)nc3C)n2)c[nH]1. The van der Waals surface area contributed by atoms with E-state index in [2.05, 4.69) is 45.8 Å². The van der Waals surface area contributed by atoms with Crippen molar-refractivity contribution in [3.63, 3.8) is 0 Å². The summed E-state index contributed by atoms with van der Waals surface area (Å²) in [4.78, 5) is 36.5. The van der Waals surface area contributed by atoms with Crippen LogP contribution in [0.3, 0.4) is 0 Å². The van der Waals surface area contributed by atoms with Gasteiger partial charge in [0.2, 0.25) is 0 Å². The van der Waals surface area contributed by atoms with Crippen molar-refractivity contribution in [2.24, 2.45) is 0 Å². The van der Waals surface area contributed by atoms with Crippen LogP contribution in [0, 0.1) is 6.92 Å². The van der Waals surface area contributed by atoms with Gasteiger partial charge in [0.25, 0.3) is 5.91 Å². The summed E-state index contributed by atoms with van der Waals surface area (Å²) in [7, 11) is 1.33. The topological polar surface area (TPSA) is 97.0 Å². The molecular weight excluding hydrogens is 384 g/mol. The largest absolute Gasteiger partial charge is 0.464 e. The Morgan fingerprint density at radius 1 is 1.26 bits per heavy atom. The summed E-state index contributed by atoms with van der Waals surface area (Å²) in [6, 6.07) is 1.66. The smallest absolute Gasteiger partial charge is 0.354 e. The van der Waals surface area contributed by atoms with Crippen LogP contribution in [0.1, 0.15) is 51.6 Å². The molecule has 3 aromatic rings. The van der Waals surface area contributed by atoms with E-state index >= 15 is 0 Å². The highest BCUT2D eigenvalue weighted by Gasteiger charge is 2.23. The third kappa shape index (κ3) is 4.09. The number of hydrogen-bond acceptors (Lipinski definition) is 7. The van der Waals surface area contributed by atoms with Gasteiger partial charge in [0.05, 0.1) is 23.5 Å². The normalized spacial score (nSPS) is 11.4. The van der Waals surface area contributed by atoms with Gasteiger partial charge in [0, 0.05) is 22.6 Å². The predicted molar refractivity (Wildman–Crippen MR) is 107 cm³/mol. The molecule has 3 heterocycles. The molecule has 0 saturated heterocycles. The van der Waals surface area contributed by atoms with Crippen molar-refractivity contribution in [2.75, 3.05) is 12.4 Å². The van der Waals surface area contributed by atoms with Crippen LogP contribution < -0.4 is 5.32 Å². The summed E-state index contributed by atoms with van der Waals surface area (Å²) in [5.41, 5.74) is 2.37. The number of nitrogens with zero attached hydrogens (tertiary/aromatic N) is 2. The average Bonchev–Trinajstić information content (AvgIpc) is 3.31. The molecule has 0 aromatic carbocycles. The highest BCUT2D eigenvalue weighted by Crippen LogP contribution is 2.31. The molecule has 9 heteroatoms. The van der Waals surface area contributed by atoms with Crippen molar-refractivity contribution in [3.8, 4) is 11.3 Å². The molecule has 0 unspecified atom stereocenters. The number of carbonyl (C=O) groups is 2. The maximum Gasteiger partial charge on any atom is 0.354 e. The number of aromatic amines is 1. The molecule has 0 fully saturated rings. The van der Waals surface area contributed by atoms with E-state index in [1.54, 1.807) is 12.3 Å². The van der Waals surface area contributed by atoms with Gasteiger partial charge in [-0.25, -0.2) is 14.8 Å². The first kappa shape index (κ1) is 19.2. The quantitative estimate of drug-likeness (QED) is 0.634. The van der Waals surface area contributed by atoms with Crippen LogP contribution in [0.4, 0.5) is 5.13 Å². The Morgan fingerprint density at radius 2 is 2.00 bits per heavy atom. The number of methoxy groups -OCH3 is 1. The second-order valence-corrected chi connectivity index (χ2v) is 8.83. The summed E-state index contributed by atoms with van der Waals surface area (Å²) in [5.74, 6) is -0.661. The summed E-state index contributed by atoms with van der Waals surface area (Å²) >= 11 is 2.72. The van der Waals surface area contributed by atoms with Gasteiger partial charge < -0.3 is 9.72 Å². The van der Waals surface area contributed by atoms with E-state index < -0.39 is 5.97 Å². The van der Waals surface area contributed by atoms with Crippen molar-refractivity contribution in [2.45, 2.75) is 33.1 Å². The van der Waals surface area contributed by atoms with Gasteiger partial charge in [-0.05, 0) is 13.0 Å². The number of nitrogens with one attached hydrogen (secondary N) is 2. The minimum absolute atomic E-state index is 0.103. The van der Waals surface area contributed by atoms with Crippen LogP contribution >= 0.6 is 22.7 Å². The number of esters is 1. The number of carbonyl (C=O) groups excluding carboxylic acids is 2. The molecule has 0 aliphatic rings. The van der Waals surface area contributed by atoms with Crippen molar-refractivity contribution in [1.29, 1.82) is 0 Å². The van der Waals surface area contributed by atoms with Crippen molar-refractivity contribution in [3.05, 3.63) is 38.9 Å². The maximum absolute atomic E-state index is 12.6. The maximum atomic E-state index is 12.6. The fourth-order valence-corrected chi connectivity index (χ4v) is 4.05. The first-order valence-electron chi connectivity index (χ1n) is 8.21. The predicted octanol–water partition coefficient (Wildman–Crippen LogP) is 4.24. The zero-order valence-corrected chi connectivity index (χ0v) is 17.3. The summed E-state index contributed by atoms with van der Waals surface area (Å²) in [5, 5.41) is 6.06. The minimum atomic E-state index is -0.444. The second-order valence-electron chi connectivity index (χ2n) is 6.97. The fourth-order valence-electron chi connectivity index (χ4n) is 2.32. The van der Waals surface area contributed by atoms with Gasteiger partial charge in [-0.1, -0.05) is 20.8 Å². The Morgan fingerprint density at radius 3 is 2.63 bits per heavy atom. The zero-order chi connectivity index (χ0) is 19.8. The molecule has 7 nitrogen and oxygen atoms in total. The number of amides is 1. The van der Waals surface area contributed by atoms with Crippen molar-refractivity contribution >= 4 is 39.7 Å². The molecule has 0 atom stereocenters. The summed E-state index contributed by atoms with van der Waals surface area (Å²) < 4.78 is 4.68. The Hall–Kier alpha value is -2.52. The summed E-state index contributed by atoms with van der Waals surface area (Å²) in [6.45, 7) is 8.04. The average molecular weight is 405 g/mol. The van der Waals surface area contributed by atoms with Crippen LogP contribution in [-0.2, 0) is 10.2 Å². The van der Waals surface area contributed by atoms with E-state index in [4.69, 9.17) is 0 Å². The number of aryl methyl sites for hydroxylation is 1. The van der Waals surface area contributed by atoms with Crippen molar-refractivity contribution < 1.29 is 14.3 Å². The van der Waals surface area contributed by atoms with Crippen LogP contribution in [0.25, 0.3) is 11.3 Å². The highest BCUT2D eigenvalue weighted by atomic mass is 32.1. The molecule has 2 N–H and O–H groups in total. The van der Waals surface area contributed by atoms with Crippen LogP contribution in [0.5, 0.6) is 0 Å².